The lowest BCUT2D eigenvalue weighted by molar-refractivity contribution is -0.151. The standard InChI is InChI=1S/C19H23NO3S2/c1-3-12(10-13-18-14(23-18)11-20(13)2)22-19(21)17(15-6-4-8-24-15)16-7-5-9-25-16/h4-9,12-14,17-18H,3,10-11H2,1-2H3. The molecule has 2 aromatic heterocycles. The molecule has 0 amide bonds. The summed E-state index contributed by atoms with van der Waals surface area (Å²) in [6, 6.07) is 8.38. The van der Waals surface area contributed by atoms with Gasteiger partial charge in [-0.25, -0.2) is 0 Å². The topological polar surface area (TPSA) is 42.1 Å². The van der Waals surface area contributed by atoms with Gasteiger partial charge in [0.2, 0.25) is 0 Å². The van der Waals surface area contributed by atoms with Crippen LogP contribution in [-0.2, 0) is 14.3 Å². The molecule has 2 aliphatic rings. The van der Waals surface area contributed by atoms with Crippen molar-refractivity contribution in [2.75, 3.05) is 13.6 Å². The van der Waals surface area contributed by atoms with Crippen molar-refractivity contribution in [1.29, 1.82) is 0 Å². The lowest BCUT2D eigenvalue weighted by atomic mass is 10.0. The molecule has 4 rings (SSSR count). The molecule has 134 valence electrons. The highest BCUT2D eigenvalue weighted by Gasteiger charge is 2.53. The minimum absolute atomic E-state index is 0.0645. The second-order valence-corrected chi connectivity index (χ2v) is 8.77. The molecule has 0 aliphatic carbocycles. The largest absolute Gasteiger partial charge is 0.462 e. The maximum absolute atomic E-state index is 13.0. The third-order valence-electron chi connectivity index (χ3n) is 5.17. The maximum Gasteiger partial charge on any atom is 0.319 e. The minimum Gasteiger partial charge on any atom is -0.462 e. The summed E-state index contributed by atoms with van der Waals surface area (Å²) < 4.78 is 11.7. The Balaban J connectivity index is 1.46. The van der Waals surface area contributed by atoms with E-state index in [1.165, 1.54) is 0 Å². The Hall–Kier alpha value is -1.21. The fourth-order valence-corrected chi connectivity index (χ4v) is 5.45. The monoisotopic (exact) mass is 377 g/mol. The molecule has 0 spiro atoms. The van der Waals surface area contributed by atoms with E-state index in [2.05, 4.69) is 18.9 Å². The van der Waals surface area contributed by atoms with Gasteiger partial charge in [0.1, 0.15) is 18.1 Å². The van der Waals surface area contributed by atoms with E-state index < -0.39 is 0 Å². The zero-order valence-electron chi connectivity index (χ0n) is 14.5. The van der Waals surface area contributed by atoms with Gasteiger partial charge in [-0.2, -0.15) is 0 Å². The van der Waals surface area contributed by atoms with Crippen molar-refractivity contribution in [2.45, 2.75) is 50.0 Å². The SMILES string of the molecule is CCC(CC1C2OC2CN1C)OC(=O)C(c1cccs1)c1cccs1. The average Bonchev–Trinajstić information content (AvgIpc) is 3.05. The van der Waals surface area contributed by atoms with E-state index in [0.29, 0.717) is 18.2 Å². The van der Waals surface area contributed by atoms with E-state index in [1.54, 1.807) is 22.7 Å². The summed E-state index contributed by atoms with van der Waals surface area (Å²) in [6.45, 7) is 3.08. The van der Waals surface area contributed by atoms with Gasteiger partial charge in [0.25, 0.3) is 0 Å². The molecular formula is C19H23NO3S2. The first-order valence-electron chi connectivity index (χ1n) is 8.80. The summed E-state index contributed by atoms with van der Waals surface area (Å²) >= 11 is 3.22. The van der Waals surface area contributed by atoms with Gasteiger partial charge in [-0.15, -0.1) is 22.7 Å². The molecule has 4 atom stereocenters. The molecule has 4 unspecified atom stereocenters. The number of likely N-dealkylation sites (tertiary alicyclic amines) is 1. The predicted octanol–water partition coefficient (Wildman–Crippen LogP) is 3.73. The van der Waals surface area contributed by atoms with Crippen LogP contribution in [-0.4, -0.2) is 48.8 Å². The summed E-state index contributed by atoms with van der Waals surface area (Å²) in [5, 5.41) is 4.02. The zero-order chi connectivity index (χ0) is 17.4. The van der Waals surface area contributed by atoms with E-state index in [0.717, 1.165) is 29.1 Å². The number of hydrogen-bond acceptors (Lipinski definition) is 6. The molecular weight excluding hydrogens is 354 g/mol. The first-order chi connectivity index (χ1) is 12.2. The third-order valence-corrected chi connectivity index (χ3v) is 7.04. The molecule has 0 N–H and O–H groups in total. The Morgan fingerprint density at radius 3 is 2.48 bits per heavy atom. The molecule has 0 radical (unpaired) electrons. The molecule has 0 saturated carbocycles. The number of fused-ring (bicyclic) bond motifs is 1. The second-order valence-electron chi connectivity index (χ2n) is 6.81. The number of rotatable bonds is 7. The van der Waals surface area contributed by atoms with Gasteiger partial charge >= 0.3 is 5.97 Å². The number of morpholine rings is 1. The molecule has 2 aliphatic heterocycles. The Morgan fingerprint density at radius 2 is 2.00 bits per heavy atom. The smallest absolute Gasteiger partial charge is 0.319 e. The van der Waals surface area contributed by atoms with Crippen LogP contribution >= 0.6 is 22.7 Å². The van der Waals surface area contributed by atoms with Crippen LogP contribution < -0.4 is 0 Å². The van der Waals surface area contributed by atoms with Gasteiger partial charge in [-0.1, -0.05) is 19.1 Å². The predicted molar refractivity (Wildman–Crippen MR) is 100 cm³/mol. The lowest BCUT2D eigenvalue weighted by Gasteiger charge is -2.27. The molecule has 25 heavy (non-hydrogen) atoms. The Labute approximate surface area is 156 Å². The second kappa shape index (κ2) is 7.19. The van der Waals surface area contributed by atoms with Crippen LogP contribution in [0, 0.1) is 0 Å². The maximum atomic E-state index is 13.0. The summed E-state index contributed by atoms with van der Waals surface area (Å²) in [7, 11) is 2.13. The van der Waals surface area contributed by atoms with Crippen molar-refractivity contribution in [3.63, 3.8) is 0 Å². The van der Waals surface area contributed by atoms with Crippen molar-refractivity contribution >= 4 is 28.6 Å². The van der Waals surface area contributed by atoms with Crippen LogP contribution in [0.3, 0.4) is 0 Å². The van der Waals surface area contributed by atoms with E-state index >= 15 is 0 Å². The van der Waals surface area contributed by atoms with Crippen LogP contribution in [0.5, 0.6) is 0 Å². The number of ether oxygens (including phenoxy) is 2. The van der Waals surface area contributed by atoms with Gasteiger partial charge in [0.15, 0.2) is 0 Å². The fraction of sp³-hybridized carbons (Fsp3) is 0.526. The fourth-order valence-electron chi connectivity index (χ4n) is 3.71. The number of hydrogen-bond donors (Lipinski definition) is 0. The van der Waals surface area contributed by atoms with E-state index in [-0.39, 0.29) is 18.0 Å². The highest BCUT2D eigenvalue weighted by molar-refractivity contribution is 7.11. The Kier molecular flexibility index (Phi) is 4.95. The normalized spacial score (nSPS) is 26.6. The zero-order valence-corrected chi connectivity index (χ0v) is 16.1. The van der Waals surface area contributed by atoms with Gasteiger partial charge in [0, 0.05) is 28.8 Å². The number of carbonyl (C=O) groups is 1. The van der Waals surface area contributed by atoms with E-state index in [9.17, 15) is 4.79 Å². The quantitative estimate of drug-likeness (QED) is 0.545. The van der Waals surface area contributed by atoms with Crippen molar-refractivity contribution in [2.24, 2.45) is 0 Å². The number of likely N-dealkylation sites (N-methyl/N-ethyl adjacent to an activating group) is 1. The van der Waals surface area contributed by atoms with Gasteiger partial charge in [0.05, 0.1) is 6.10 Å². The van der Waals surface area contributed by atoms with Crippen molar-refractivity contribution in [3.05, 3.63) is 44.8 Å². The molecule has 2 saturated heterocycles. The molecule has 4 nitrogen and oxygen atoms in total. The lowest BCUT2D eigenvalue weighted by Crippen LogP contribution is -2.36. The molecule has 6 heteroatoms. The highest BCUT2D eigenvalue weighted by Crippen LogP contribution is 2.38. The number of nitrogens with zero attached hydrogens (tertiary/aromatic N) is 1. The number of esters is 1. The summed E-state index contributed by atoms with van der Waals surface area (Å²) in [5.74, 6) is -0.439. The van der Waals surface area contributed by atoms with E-state index in [4.69, 9.17) is 9.47 Å². The van der Waals surface area contributed by atoms with Gasteiger partial charge in [-0.05, 0) is 36.4 Å². The average molecular weight is 378 g/mol. The van der Waals surface area contributed by atoms with Crippen LogP contribution in [0.15, 0.2) is 35.0 Å². The minimum atomic E-state index is -0.305. The summed E-state index contributed by atoms with van der Waals surface area (Å²) in [4.78, 5) is 17.4. The first kappa shape index (κ1) is 17.2. The first-order valence-corrected chi connectivity index (χ1v) is 10.6. The van der Waals surface area contributed by atoms with Crippen LogP contribution in [0.25, 0.3) is 0 Å². The third kappa shape index (κ3) is 3.53. The summed E-state index contributed by atoms with van der Waals surface area (Å²) in [5.41, 5.74) is 0. The van der Waals surface area contributed by atoms with Crippen molar-refractivity contribution < 1.29 is 14.3 Å². The van der Waals surface area contributed by atoms with Crippen molar-refractivity contribution in [1.82, 2.24) is 4.90 Å². The molecule has 2 aromatic rings. The molecule has 0 aromatic carbocycles. The molecule has 2 fully saturated rings. The highest BCUT2D eigenvalue weighted by atomic mass is 32.1. The number of carbonyl (C=O) groups excluding carboxylic acids is 1. The van der Waals surface area contributed by atoms with Gasteiger partial charge in [-0.3, -0.25) is 9.69 Å². The Bertz CT molecular complexity index is 664. The number of epoxide rings is 1. The van der Waals surface area contributed by atoms with Crippen LogP contribution in [0.1, 0.15) is 35.4 Å². The molecule has 4 heterocycles. The van der Waals surface area contributed by atoms with E-state index in [1.807, 2.05) is 35.0 Å². The Morgan fingerprint density at radius 1 is 1.32 bits per heavy atom. The van der Waals surface area contributed by atoms with Crippen molar-refractivity contribution in [3.8, 4) is 0 Å². The summed E-state index contributed by atoms with van der Waals surface area (Å²) in [6.07, 6.45) is 2.35. The number of thiophene rings is 2. The molecule has 0 bridgehead atoms. The van der Waals surface area contributed by atoms with Crippen LogP contribution in [0.2, 0.25) is 0 Å². The van der Waals surface area contributed by atoms with Crippen LogP contribution in [0.4, 0.5) is 0 Å². The van der Waals surface area contributed by atoms with Gasteiger partial charge < -0.3 is 9.47 Å².